The van der Waals surface area contributed by atoms with Crippen LogP contribution in [0.1, 0.15) is 37.3 Å². The first kappa shape index (κ1) is 11.6. The van der Waals surface area contributed by atoms with Gasteiger partial charge < -0.3 is 10.1 Å². The summed E-state index contributed by atoms with van der Waals surface area (Å²) in [6.07, 6.45) is 1.50. The van der Waals surface area contributed by atoms with Crippen molar-refractivity contribution in [2.45, 2.75) is 38.9 Å². The number of nitrogens with one attached hydrogen (secondary N) is 1. The summed E-state index contributed by atoms with van der Waals surface area (Å²) in [6, 6.07) is 8.64. The van der Waals surface area contributed by atoms with Gasteiger partial charge in [-0.3, -0.25) is 0 Å². The van der Waals surface area contributed by atoms with Gasteiger partial charge in [-0.2, -0.15) is 0 Å². The molecular formula is C14H21NO. The standard InChI is InChI=1S/C14H21NO/c1-3-8-15-9-14-11(2)16-10-12-6-4-5-7-13(12)14/h4-7,11,14-15H,3,8-10H2,1-2H3. The first-order chi connectivity index (χ1) is 7.83. The molecule has 1 heterocycles. The molecule has 0 radical (unpaired) electrons. The summed E-state index contributed by atoms with van der Waals surface area (Å²) in [5, 5.41) is 3.50. The number of hydrogen-bond donors (Lipinski definition) is 1. The molecule has 0 amide bonds. The van der Waals surface area contributed by atoms with Crippen molar-refractivity contribution in [3.8, 4) is 0 Å². The van der Waals surface area contributed by atoms with Gasteiger partial charge in [-0.25, -0.2) is 0 Å². The Balaban J connectivity index is 2.10. The molecule has 0 saturated carbocycles. The van der Waals surface area contributed by atoms with Gasteiger partial charge >= 0.3 is 0 Å². The van der Waals surface area contributed by atoms with Crippen LogP contribution in [0, 0.1) is 0 Å². The number of fused-ring (bicyclic) bond motifs is 1. The molecule has 0 aromatic heterocycles. The molecular weight excluding hydrogens is 198 g/mol. The second kappa shape index (κ2) is 5.46. The molecule has 0 saturated heterocycles. The lowest BCUT2D eigenvalue weighted by atomic mass is 9.88. The molecule has 2 unspecified atom stereocenters. The summed E-state index contributed by atoms with van der Waals surface area (Å²) in [6.45, 7) is 7.25. The average Bonchev–Trinajstić information content (AvgIpc) is 2.32. The van der Waals surface area contributed by atoms with Gasteiger partial charge in [-0.15, -0.1) is 0 Å². The molecule has 88 valence electrons. The molecule has 0 aliphatic carbocycles. The maximum atomic E-state index is 5.81. The minimum absolute atomic E-state index is 0.319. The van der Waals surface area contributed by atoms with Crippen molar-refractivity contribution < 1.29 is 4.74 Å². The number of rotatable bonds is 4. The van der Waals surface area contributed by atoms with Crippen LogP contribution < -0.4 is 5.32 Å². The van der Waals surface area contributed by atoms with E-state index >= 15 is 0 Å². The van der Waals surface area contributed by atoms with Crippen molar-refractivity contribution in [3.63, 3.8) is 0 Å². The Labute approximate surface area is 98.0 Å². The normalized spacial score (nSPS) is 24.1. The monoisotopic (exact) mass is 219 g/mol. The number of benzene rings is 1. The fourth-order valence-corrected chi connectivity index (χ4v) is 2.33. The van der Waals surface area contributed by atoms with Gasteiger partial charge in [0.15, 0.2) is 0 Å². The summed E-state index contributed by atoms with van der Waals surface area (Å²) in [5.41, 5.74) is 2.81. The smallest absolute Gasteiger partial charge is 0.0723 e. The molecule has 1 aliphatic heterocycles. The van der Waals surface area contributed by atoms with Gasteiger partial charge in [-0.05, 0) is 31.0 Å². The molecule has 0 bridgehead atoms. The van der Waals surface area contributed by atoms with Crippen molar-refractivity contribution in [2.24, 2.45) is 0 Å². The van der Waals surface area contributed by atoms with Crippen LogP contribution in [0.2, 0.25) is 0 Å². The molecule has 16 heavy (non-hydrogen) atoms. The largest absolute Gasteiger partial charge is 0.373 e. The molecule has 0 spiro atoms. The summed E-state index contributed by atoms with van der Waals surface area (Å²) >= 11 is 0. The van der Waals surface area contributed by atoms with Gasteiger partial charge in [0.25, 0.3) is 0 Å². The fraction of sp³-hybridized carbons (Fsp3) is 0.571. The zero-order chi connectivity index (χ0) is 11.4. The van der Waals surface area contributed by atoms with E-state index in [-0.39, 0.29) is 0 Å². The van der Waals surface area contributed by atoms with Crippen LogP contribution in [-0.2, 0) is 11.3 Å². The summed E-state index contributed by atoms with van der Waals surface area (Å²) in [5.74, 6) is 0.497. The van der Waals surface area contributed by atoms with E-state index in [4.69, 9.17) is 4.74 Å². The predicted octanol–water partition coefficient (Wildman–Crippen LogP) is 2.69. The molecule has 1 aromatic rings. The van der Waals surface area contributed by atoms with E-state index in [1.807, 2.05) is 0 Å². The van der Waals surface area contributed by atoms with Gasteiger partial charge in [0.1, 0.15) is 0 Å². The lowest BCUT2D eigenvalue weighted by Gasteiger charge is -2.31. The Hall–Kier alpha value is -0.860. The highest BCUT2D eigenvalue weighted by Gasteiger charge is 2.26. The SMILES string of the molecule is CCCNCC1c2ccccc2COC1C. The third-order valence-corrected chi connectivity index (χ3v) is 3.31. The van der Waals surface area contributed by atoms with Crippen molar-refractivity contribution in [2.75, 3.05) is 13.1 Å². The molecule has 2 heteroatoms. The van der Waals surface area contributed by atoms with Crippen LogP contribution in [0.15, 0.2) is 24.3 Å². The molecule has 2 nitrogen and oxygen atoms in total. The second-order valence-electron chi connectivity index (χ2n) is 4.53. The zero-order valence-electron chi connectivity index (χ0n) is 10.2. The lowest BCUT2D eigenvalue weighted by molar-refractivity contribution is 0.0201. The lowest BCUT2D eigenvalue weighted by Crippen LogP contribution is -2.33. The summed E-state index contributed by atoms with van der Waals surface area (Å²) in [7, 11) is 0. The third-order valence-electron chi connectivity index (χ3n) is 3.31. The zero-order valence-corrected chi connectivity index (χ0v) is 10.2. The van der Waals surface area contributed by atoms with Crippen molar-refractivity contribution >= 4 is 0 Å². The quantitative estimate of drug-likeness (QED) is 0.786. The van der Waals surface area contributed by atoms with E-state index in [1.54, 1.807) is 0 Å². The maximum absolute atomic E-state index is 5.81. The minimum Gasteiger partial charge on any atom is -0.373 e. The van der Waals surface area contributed by atoms with Crippen LogP contribution in [0.25, 0.3) is 0 Å². The topological polar surface area (TPSA) is 21.3 Å². The highest BCUT2D eigenvalue weighted by atomic mass is 16.5. The summed E-state index contributed by atoms with van der Waals surface area (Å²) < 4.78 is 5.81. The van der Waals surface area contributed by atoms with Crippen molar-refractivity contribution in [1.29, 1.82) is 0 Å². The van der Waals surface area contributed by atoms with Crippen LogP contribution in [0.4, 0.5) is 0 Å². The third kappa shape index (κ3) is 2.45. The highest BCUT2D eigenvalue weighted by molar-refractivity contribution is 5.32. The first-order valence-corrected chi connectivity index (χ1v) is 6.23. The minimum atomic E-state index is 0.319. The van der Waals surface area contributed by atoms with E-state index in [0.717, 1.165) is 19.7 Å². The number of ether oxygens (including phenoxy) is 1. The van der Waals surface area contributed by atoms with Crippen LogP contribution in [0.5, 0.6) is 0 Å². The molecule has 2 rings (SSSR count). The Kier molecular flexibility index (Phi) is 3.97. The van der Waals surface area contributed by atoms with Crippen LogP contribution in [-0.4, -0.2) is 19.2 Å². The molecule has 1 aromatic carbocycles. The van der Waals surface area contributed by atoms with Crippen LogP contribution >= 0.6 is 0 Å². The van der Waals surface area contributed by atoms with Crippen LogP contribution in [0.3, 0.4) is 0 Å². The maximum Gasteiger partial charge on any atom is 0.0723 e. The Morgan fingerprint density at radius 3 is 3.00 bits per heavy atom. The van der Waals surface area contributed by atoms with E-state index in [2.05, 4.69) is 43.4 Å². The van der Waals surface area contributed by atoms with Crippen molar-refractivity contribution in [1.82, 2.24) is 5.32 Å². The highest BCUT2D eigenvalue weighted by Crippen LogP contribution is 2.30. The average molecular weight is 219 g/mol. The van der Waals surface area contributed by atoms with Gasteiger partial charge in [0, 0.05) is 12.5 Å². The molecule has 0 fully saturated rings. The van der Waals surface area contributed by atoms with E-state index in [9.17, 15) is 0 Å². The number of hydrogen-bond acceptors (Lipinski definition) is 2. The summed E-state index contributed by atoms with van der Waals surface area (Å²) in [4.78, 5) is 0. The Bertz CT molecular complexity index is 337. The van der Waals surface area contributed by atoms with Gasteiger partial charge in [-0.1, -0.05) is 31.2 Å². The van der Waals surface area contributed by atoms with Gasteiger partial charge in [0.2, 0.25) is 0 Å². The van der Waals surface area contributed by atoms with Crippen molar-refractivity contribution in [3.05, 3.63) is 35.4 Å². The van der Waals surface area contributed by atoms with E-state index in [1.165, 1.54) is 17.5 Å². The van der Waals surface area contributed by atoms with Gasteiger partial charge in [0.05, 0.1) is 12.7 Å². The van der Waals surface area contributed by atoms with E-state index in [0.29, 0.717) is 12.0 Å². The molecule has 2 atom stereocenters. The van der Waals surface area contributed by atoms with E-state index < -0.39 is 0 Å². The molecule has 1 N–H and O–H groups in total. The molecule has 1 aliphatic rings. The predicted molar refractivity (Wildman–Crippen MR) is 66.6 cm³/mol. The first-order valence-electron chi connectivity index (χ1n) is 6.23. The Morgan fingerprint density at radius 1 is 1.38 bits per heavy atom. The Morgan fingerprint density at radius 2 is 2.19 bits per heavy atom. The second-order valence-corrected chi connectivity index (χ2v) is 4.53. The fourth-order valence-electron chi connectivity index (χ4n) is 2.33.